The molecule has 1 aliphatic rings. The van der Waals surface area contributed by atoms with Crippen molar-refractivity contribution in [3.63, 3.8) is 0 Å². The number of rotatable bonds is 1. The standard InChI is InChI=1S/C6H9F2NO.ClH/c7-6(8)9-4-2-1-3-5(9)10;/h6H,1-4H2;1H. The van der Waals surface area contributed by atoms with Crippen LogP contribution in [-0.2, 0) is 4.79 Å². The van der Waals surface area contributed by atoms with Gasteiger partial charge >= 0.3 is 6.55 Å². The fourth-order valence-electron chi connectivity index (χ4n) is 1.03. The van der Waals surface area contributed by atoms with Gasteiger partial charge in [-0.3, -0.25) is 9.69 Å². The Balaban J connectivity index is 0.000001000. The number of amides is 1. The molecule has 66 valence electrons. The zero-order valence-corrected chi connectivity index (χ0v) is 6.74. The first-order valence-electron chi connectivity index (χ1n) is 3.29. The second kappa shape index (κ2) is 4.49. The number of carbonyl (C=O) groups excluding carboxylic acids is 1. The van der Waals surface area contributed by atoms with Crippen LogP contribution in [0.4, 0.5) is 8.78 Å². The minimum Gasteiger partial charge on any atom is -0.286 e. The van der Waals surface area contributed by atoms with E-state index in [1.54, 1.807) is 0 Å². The van der Waals surface area contributed by atoms with Gasteiger partial charge in [-0.2, -0.15) is 8.78 Å². The third-order valence-electron chi connectivity index (χ3n) is 1.60. The molecule has 5 heteroatoms. The van der Waals surface area contributed by atoms with Crippen molar-refractivity contribution in [1.29, 1.82) is 0 Å². The van der Waals surface area contributed by atoms with E-state index in [9.17, 15) is 13.6 Å². The molecule has 0 unspecified atom stereocenters. The molecule has 11 heavy (non-hydrogen) atoms. The molecule has 1 heterocycles. The zero-order chi connectivity index (χ0) is 7.56. The Morgan fingerprint density at radius 3 is 2.36 bits per heavy atom. The molecule has 0 saturated carbocycles. The predicted molar refractivity (Wildman–Crippen MR) is 38.8 cm³/mol. The molecule has 1 aliphatic heterocycles. The summed E-state index contributed by atoms with van der Waals surface area (Å²) in [7, 11) is 0. The summed E-state index contributed by atoms with van der Waals surface area (Å²) in [5.74, 6) is -0.416. The summed E-state index contributed by atoms with van der Waals surface area (Å²) in [6.07, 6.45) is 1.74. The number of nitrogens with zero attached hydrogens (tertiary/aromatic N) is 1. The summed E-state index contributed by atoms with van der Waals surface area (Å²) < 4.78 is 23.8. The van der Waals surface area contributed by atoms with Crippen molar-refractivity contribution in [3.8, 4) is 0 Å². The zero-order valence-electron chi connectivity index (χ0n) is 5.93. The van der Waals surface area contributed by atoms with E-state index >= 15 is 0 Å². The number of carbonyl (C=O) groups is 1. The van der Waals surface area contributed by atoms with E-state index in [-0.39, 0.29) is 25.4 Å². The van der Waals surface area contributed by atoms with Crippen LogP contribution in [0.3, 0.4) is 0 Å². The van der Waals surface area contributed by atoms with Crippen molar-refractivity contribution in [2.24, 2.45) is 0 Å². The Bertz CT molecular complexity index is 143. The molecule has 0 N–H and O–H groups in total. The molecule has 0 atom stereocenters. The quantitative estimate of drug-likeness (QED) is 0.569. The number of piperidine rings is 1. The molecule has 1 saturated heterocycles. The van der Waals surface area contributed by atoms with Crippen molar-refractivity contribution < 1.29 is 13.6 Å². The molecule has 0 aliphatic carbocycles. The molecule has 0 aromatic carbocycles. The van der Waals surface area contributed by atoms with Gasteiger partial charge < -0.3 is 0 Å². The van der Waals surface area contributed by atoms with Crippen molar-refractivity contribution in [1.82, 2.24) is 4.90 Å². The van der Waals surface area contributed by atoms with E-state index in [1.165, 1.54) is 0 Å². The van der Waals surface area contributed by atoms with Crippen LogP contribution >= 0.6 is 12.4 Å². The van der Waals surface area contributed by atoms with E-state index < -0.39 is 12.5 Å². The van der Waals surface area contributed by atoms with Crippen LogP contribution in [0.15, 0.2) is 0 Å². The van der Waals surface area contributed by atoms with Gasteiger partial charge in [-0.15, -0.1) is 12.4 Å². The lowest BCUT2D eigenvalue weighted by atomic mass is 10.1. The van der Waals surface area contributed by atoms with Crippen LogP contribution in [0, 0.1) is 0 Å². The smallest absolute Gasteiger partial charge is 0.286 e. The Kier molecular flexibility index (Phi) is 4.33. The fraction of sp³-hybridized carbons (Fsp3) is 0.833. The normalized spacial score (nSPS) is 18.5. The molecule has 2 nitrogen and oxygen atoms in total. The predicted octanol–water partition coefficient (Wildman–Crippen LogP) is 1.64. The summed E-state index contributed by atoms with van der Waals surface area (Å²) in [5.41, 5.74) is 0. The first-order valence-corrected chi connectivity index (χ1v) is 3.29. The van der Waals surface area contributed by atoms with E-state index in [2.05, 4.69) is 0 Å². The highest BCUT2D eigenvalue weighted by molar-refractivity contribution is 5.85. The summed E-state index contributed by atoms with van der Waals surface area (Å²) in [5, 5.41) is 0. The average molecular weight is 186 g/mol. The second-order valence-corrected chi connectivity index (χ2v) is 2.32. The molecule has 1 amide bonds. The summed E-state index contributed by atoms with van der Waals surface area (Å²) >= 11 is 0. The third-order valence-corrected chi connectivity index (χ3v) is 1.60. The maximum absolute atomic E-state index is 11.9. The van der Waals surface area contributed by atoms with Gasteiger partial charge in [0.2, 0.25) is 5.91 Å². The van der Waals surface area contributed by atoms with Gasteiger partial charge in [0.25, 0.3) is 0 Å². The van der Waals surface area contributed by atoms with Gasteiger partial charge in [-0.1, -0.05) is 0 Å². The molecule has 0 aromatic heterocycles. The van der Waals surface area contributed by atoms with Gasteiger partial charge in [0, 0.05) is 13.0 Å². The SMILES string of the molecule is Cl.O=C1CCCCN1C(F)F. The number of hydrogen-bond acceptors (Lipinski definition) is 1. The Morgan fingerprint density at radius 2 is 2.00 bits per heavy atom. The first-order chi connectivity index (χ1) is 4.72. The highest BCUT2D eigenvalue weighted by Crippen LogP contribution is 2.14. The molecule has 0 spiro atoms. The molecular formula is C6H10ClF2NO. The van der Waals surface area contributed by atoms with E-state index in [4.69, 9.17) is 0 Å². The maximum Gasteiger partial charge on any atom is 0.317 e. The highest BCUT2D eigenvalue weighted by atomic mass is 35.5. The molecule has 1 fully saturated rings. The van der Waals surface area contributed by atoms with E-state index in [0.29, 0.717) is 11.3 Å². The van der Waals surface area contributed by atoms with Gasteiger partial charge in [-0.25, -0.2) is 0 Å². The Morgan fingerprint density at radius 1 is 1.36 bits per heavy atom. The minimum absolute atomic E-state index is 0. The van der Waals surface area contributed by atoms with Crippen molar-refractivity contribution >= 4 is 18.3 Å². The van der Waals surface area contributed by atoms with Gasteiger partial charge in [-0.05, 0) is 12.8 Å². The maximum atomic E-state index is 11.9. The number of hydrogen-bond donors (Lipinski definition) is 0. The van der Waals surface area contributed by atoms with Crippen molar-refractivity contribution in [2.75, 3.05) is 6.54 Å². The lowest BCUT2D eigenvalue weighted by Gasteiger charge is -2.25. The first kappa shape index (κ1) is 10.6. The van der Waals surface area contributed by atoms with Crippen molar-refractivity contribution in [3.05, 3.63) is 0 Å². The molecule has 0 aromatic rings. The fourth-order valence-corrected chi connectivity index (χ4v) is 1.03. The molecule has 1 rings (SSSR count). The van der Waals surface area contributed by atoms with E-state index in [0.717, 1.165) is 6.42 Å². The molecular weight excluding hydrogens is 176 g/mol. The largest absolute Gasteiger partial charge is 0.317 e. The monoisotopic (exact) mass is 185 g/mol. The molecule has 0 radical (unpaired) electrons. The van der Waals surface area contributed by atoms with Crippen LogP contribution in [0.1, 0.15) is 19.3 Å². The molecule has 0 bridgehead atoms. The second-order valence-electron chi connectivity index (χ2n) is 2.32. The lowest BCUT2D eigenvalue weighted by molar-refractivity contribution is -0.147. The van der Waals surface area contributed by atoms with Crippen LogP contribution in [0.2, 0.25) is 0 Å². The van der Waals surface area contributed by atoms with Crippen LogP contribution in [0.25, 0.3) is 0 Å². The van der Waals surface area contributed by atoms with E-state index in [1.807, 2.05) is 0 Å². The van der Waals surface area contributed by atoms with Gasteiger partial charge in [0.15, 0.2) is 0 Å². The number of halogens is 3. The summed E-state index contributed by atoms with van der Waals surface area (Å²) in [6.45, 7) is -2.39. The lowest BCUT2D eigenvalue weighted by Crippen LogP contribution is -2.38. The van der Waals surface area contributed by atoms with Crippen LogP contribution in [0.5, 0.6) is 0 Å². The Labute approximate surface area is 70.0 Å². The van der Waals surface area contributed by atoms with Crippen LogP contribution in [-0.4, -0.2) is 23.9 Å². The van der Waals surface area contributed by atoms with Crippen molar-refractivity contribution in [2.45, 2.75) is 25.8 Å². The summed E-state index contributed by atoms with van der Waals surface area (Å²) in [4.78, 5) is 11.3. The number of likely N-dealkylation sites (tertiary alicyclic amines) is 1. The minimum atomic E-state index is -2.60. The van der Waals surface area contributed by atoms with Gasteiger partial charge in [0.1, 0.15) is 0 Å². The third kappa shape index (κ3) is 2.61. The average Bonchev–Trinajstić information content (AvgIpc) is 1.88. The topological polar surface area (TPSA) is 20.3 Å². The summed E-state index contributed by atoms with van der Waals surface area (Å²) in [6, 6.07) is 0. The Hall–Kier alpha value is -0.380. The van der Waals surface area contributed by atoms with Gasteiger partial charge in [0.05, 0.1) is 0 Å². The van der Waals surface area contributed by atoms with Crippen LogP contribution < -0.4 is 0 Å². The highest BCUT2D eigenvalue weighted by Gasteiger charge is 2.24. The number of alkyl halides is 2.